The molecular formula is C26H31N3O4S. The molecule has 0 fully saturated rings. The predicted molar refractivity (Wildman–Crippen MR) is 135 cm³/mol. The lowest BCUT2D eigenvalue weighted by atomic mass is 9.83. The van der Waals surface area contributed by atoms with Crippen molar-refractivity contribution in [3.63, 3.8) is 0 Å². The standard InChI is InChI=1S/C26H31N3O4S/c1-6-33-24(31)20-19(16-9-11-17(12-10-16)26(3,4)5)21(34-22(20)27)23(30)29-25(32)28-18-13-7-15(2)8-14-18/h7-14,19,21H,6,27H2,1-5H3,(H2,28,29,30,32). The molecule has 180 valence electrons. The third-order valence-corrected chi connectivity index (χ3v) is 6.78. The molecule has 2 atom stereocenters. The molecule has 0 saturated carbocycles. The number of rotatable bonds is 5. The number of anilines is 1. The van der Waals surface area contributed by atoms with Gasteiger partial charge in [0.2, 0.25) is 5.91 Å². The number of urea groups is 1. The molecule has 34 heavy (non-hydrogen) atoms. The van der Waals surface area contributed by atoms with Crippen LogP contribution in [0, 0.1) is 6.92 Å². The van der Waals surface area contributed by atoms with E-state index in [1.807, 2.05) is 43.3 Å². The number of carbonyl (C=O) groups excluding carboxylic acids is 3. The largest absolute Gasteiger partial charge is 0.463 e. The van der Waals surface area contributed by atoms with Crippen LogP contribution >= 0.6 is 11.8 Å². The number of thioether (sulfide) groups is 1. The van der Waals surface area contributed by atoms with Crippen molar-refractivity contribution in [3.05, 3.63) is 75.8 Å². The average molecular weight is 482 g/mol. The normalized spacial score (nSPS) is 17.9. The second-order valence-corrected chi connectivity index (χ2v) is 10.4. The summed E-state index contributed by atoms with van der Waals surface area (Å²) in [6, 6.07) is 14.3. The molecule has 2 aromatic rings. The average Bonchev–Trinajstić information content (AvgIpc) is 3.12. The number of benzene rings is 2. The van der Waals surface area contributed by atoms with E-state index in [-0.39, 0.29) is 22.6 Å². The van der Waals surface area contributed by atoms with Crippen molar-refractivity contribution >= 4 is 35.4 Å². The summed E-state index contributed by atoms with van der Waals surface area (Å²) in [5.74, 6) is -1.75. The lowest BCUT2D eigenvalue weighted by molar-refractivity contribution is -0.138. The number of nitrogens with two attached hydrogens (primary N) is 1. The Labute approximate surface area is 204 Å². The molecule has 0 aliphatic carbocycles. The zero-order valence-corrected chi connectivity index (χ0v) is 20.9. The molecule has 2 unspecified atom stereocenters. The highest BCUT2D eigenvalue weighted by Gasteiger charge is 2.44. The Morgan fingerprint density at radius 1 is 1.03 bits per heavy atom. The molecule has 8 heteroatoms. The van der Waals surface area contributed by atoms with E-state index in [0.717, 1.165) is 28.5 Å². The second kappa shape index (κ2) is 10.3. The highest BCUT2D eigenvalue weighted by atomic mass is 32.2. The number of aryl methyl sites for hydroxylation is 1. The highest BCUT2D eigenvalue weighted by molar-refractivity contribution is 8.04. The molecule has 1 aliphatic heterocycles. The van der Waals surface area contributed by atoms with E-state index in [1.54, 1.807) is 19.1 Å². The summed E-state index contributed by atoms with van der Waals surface area (Å²) in [6.45, 7) is 10.2. The molecule has 3 amide bonds. The van der Waals surface area contributed by atoms with Crippen molar-refractivity contribution < 1.29 is 19.1 Å². The number of hydrogen-bond acceptors (Lipinski definition) is 6. The molecule has 0 aromatic heterocycles. The first-order chi connectivity index (χ1) is 16.0. The first-order valence-electron chi connectivity index (χ1n) is 11.1. The zero-order chi connectivity index (χ0) is 25.0. The van der Waals surface area contributed by atoms with Crippen molar-refractivity contribution in [1.82, 2.24) is 5.32 Å². The van der Waals surface area contributed by atoms with Gasteiger partial charge in [0.25, 0.3) is 0 Å². The lowest BCUT2D eigenvalue weighted by Gasteiger charge is -2.23. The first-order valence-corrected chi connectivity index (χ1v) is 12.0. The monoisotopic (exact) mass is 481 g/mol. The summed E-state index contributed by atoms with van der Waals surface area (Å²) in [5, 5.41) is 4.46. The van der Waals surface area contributed by atoms with Crippen LogP contribution in [0.2, 0.25) is 0 Å². The number of imide groups is 1. The Morgan fingerprint density at radius 3 is 2.21 bits per heavy atom. The number of nitrogens with one attached hydrogen (secondary N) is 2. The van der Waals surface area contributed by atoms with Gasteiger partial charge >= 0.3 is 12.0 Å². The molecule has 0 saturated heterocycles. The molecule has 0 radical (unpaired) electrons. The maximum absolute atomic E-state index is 13.2. The fraction of sp³-hybridized carbons (Fsp3) is 0.346. The minimum Gasteiger partial charge on any atom is -0.463 e. The van der Waals surface area contributed by atoms with Gasteiger partial charge in [0.15, 0.2) is 0 Å². The molecule has 0 bridgehead atoms. The fourth-order valence-electron chi connectivity index (χ4n) is 3.73. The van der Waals surface area contributed by atoms with Crippen LogP contribution in [-0.4, -0.2) is 29.8 Å². The van der Waals surface area contributed by atoms with Gasteiger partial charge in [-0.3, -0.25) is 10.1 Å². The van der Waals surface area contributed by atoms with Crippen LogP contribution in [0.4, 0.5) is 10.5 Å². The predicted octanol–water partition coefficient (Wildman–Crippen LogP) is 4.57. The minimum atomic E-state index is -0.802. The fourth-order valence-corrected chi connectivity index (χ4v) is 4.93. The molecule has 0 spiro atoms. The molecule has 1 aliphatic rings. The van der Waals surface area contributed by atoms with E-state index in [1.165, 1.54) is 0 Å². The van der Waals surface area contributed by atoms with E-state index >= 15 is 0 Å². The highest BCUT2D eigenvalue weighted by Crippen LogP contribution is 2.46. The number of amides is 3. The number of carbonyl (C=O) groups is 3. The number of hydrogen-bond donors (Lipinski definition) is 3. The smallest absolute Gasteiger partial charge is 0.337 e. The van der Waals surface area contributed by atoms with Gasteiger partial charge in [-0.1, -0.05) is 74.5 Å². The molecule has 1 heterocycles. The Morgan fingerprint density at radius 2 is 1.65 bits per heavy atom. The number of ether oxygens (including phenoxy) is 1. The summed E-state index contributed by atoms with van der Waals surface area (Å²) >= 11 is 1.06. The third kappa shape index (κ3) is 5.80. The van der Waals surface area contributed by atoms with Crippen molar-refractivity contribution in [2.24, 2.45) is 5.73 Å². The Hall–Kier alpha value is -3.26. The van der Waals surface area contributed by atoms with Gasteiger partial charge in [-0.2, -0.15) is 0 Å². The van der Waals surface area contributed by atoms with Crippen molar-refractivity contribution in [1.29, 1.82) is 0 Å². The van der Waals surface area contributed by atoms with Gasteiger partial charge in [0.05, 0.1) is 17.2 Å². The molecule has 4 N–H and O–H groups in total. The van der Waals surface area contributed by atoms with Crippen LogP contribution in [-0.2, 0) is 19.7 Å². The van der Waals surface area contributed by atoms with E-state index in [0.29, 0.717) is 5.69 Å². The molecule has 2 aromatic carbocycles. The first kappa shape index (κ1) is 25.4. The van der Waals surface area contributed by atoms with Crippen molar-refractivity contribution in [3.8, 4) is 0 Å². The lowest BCUT2D eigenvalue weighted by Crippen LogP contribution is -2.41. The van der Waals surface area contributed by atoms with Gasteiger partial charge in [-0.15, -0.1) is 0 Å². The topological polar surface area (TPSA) is 111 Å². The van der Waals surface area contributed by atoms with Crippen LogP contribution in [0.15, 0.2) is 59.1 Å². The van der Waals surface area contributed by atoms with Crippen LogP contribution in [0.25, 0.3) is 0 Å². The van der Waals surface area contributed by atoms with E-state index in [4.69, 9.17) is 10.5 Å². The Bertz CT molecular complexity index is 1100. The maximum Gasteiger partial charge on any atom is 0.337 e. The van der Waals surface area contributed by atoms with Crippen LogP contribution in [0.5, 0.6) is 0 Å². The summed E-state index contributed by atoms with van der Waals surface area (Å²) in [5.41, 5.74) is 9.88. The quantitative estimate of drug-likeness (QED) is 0.540. The third-order valence-electron chi connectivity index (χ3n) is 5.57. The van der Waals surface area contributed by atoms with Crippen molar-refractivity contribution in [2.75, 3.05) is 11.9 Å². The summed E-state index contributed by atoms with van der Waals surface area (Å²) in [7, 11) is 0. The maximum atomic E-state index is 13.2. The van der Waals surface area contributed by atoms with Gasteiger partial charge in [-0.05, 0) is 42.5 Å². The van der Waals surface area contributed by atoms with Crippen LogP contribution < -0.4 is 16.4 Å². The van der Waals surface area contributed by atoms with Gasteiger partial charge in [0.1, 0.15) is 5.25 Å². The van der Waals surface area contributed by atoms with Gasteiger partial charge < -0.3 is 15.8 Å². The van der Waals surface area contributed by atoms with Crippen LogP contribution in [0.3, 0.4) is 0 Å². The van der Waals surface area contributed by atoms with E-state index in [2.05, 4.69) is 31.4 Å². The second-order valence-electron chi connectivity index (χ2n) is 9.20. The summed E-state index contributed by atoms with van der Waals surface area (Å²) in [4.78, 5) is 38.4. The molecule has 3 rings (SSSR count). The van der Waals surface area contributed by atoms with E-state index < -0.39 is 29.1 Å². The van der Waals surface area contributed by atoms with Gasteiger partial charge in [0, 0.05) is 11.6 Å². The van der Waals surface area contributed by atoms with E-state index in [9.17, 15) is 14.4 Å². The zero-order valence-electron chi connectivity index (χ0n) is 20.1. The molecule has 7 nitrogen and oxygen atoms in total. The Balaban J connectivity index is 1.85. The Kier molecular flexibility index (Phi) is 7.71. The number of esters is 1. The van der Waals surface area contributed by atoms with Gasteiger partial charge in [-0.25, -0.2) is 9.59 Å². The van der Waals surface area contributed by atoms with Crippen LogP contribution in [0.1, 0.15) is 50.3 Å². The minimum absolute atomic E-state index is 0.0490. The summed E-state index contributed by atoms with van der Waals surface area (Å²) < 4.78 is 5.22. The van der Waals surface area contributed by atoms with Crippen molar-refractivity contribution in [2.45, 2.75) is 51.2 Å². The SMILES string of the molecule is CCOC(=O)C1=C(N)SC(C(=O)NC(=O)Nc2ccc(C)cc2)C1c1ccc(C(C)(C)C)cc1. The molecular weight excluding hydrogens is 450 g/mol. The summed E-state index contributed by atoms with van der Waals surface area (Å²) in [6.07, 6.45) is 0.